The molecule has 1 saturated heterocycles. The van der Waals surface area contributed by atoms with Gasteiger partial charge in [-0.3, -0.25) is 9.69 Å². The minimum Gasteiger partial charge on any atom is -0.384 e. The quantitative estimate of drug-likeness (QED) is 0.818. The standard InChI is InChI=1S/C14H20N4O2/c15-13-7-10(3-4-16-13)8-18-5-6-20-9-12(18)14(19)17-11-1-2-11/h3-4,7,11-12H,1-2,5-6,8-9H2,(H2,15,16)(H,17,19). The van der Waals surface area contributed by atoms with Crippen LogP contribution >= 0.6 is 0 Å². The fraction of sp³-hybridized carbons (Fsp3) is 0.571. The van der Waals surface area contributed by atoms with E-state index in [1.165, 1.54) is 0 Å². The minimum atomic E-state index is -0.210. The lowest BCUT2D eigenvalue weighted by atomic mass is 10.1. The summed E-state index contributed by atoms with van der Waals surface area (Å²) in [7, 11) is 0. The molecule has 2 heterocycles. The third-order valence-electron chi connectivity index (χ3n) is 3.70. The van der Waals surface area contributed by atoms with Crippen LogP contribution in [0.2, 0.25) is 0 Å². The van der Waals surface area contributed by atoms with Crippen molar-refractivity contribution in [2.75, 3.05) is 25.5 Å². The van der Waals surface area contributed by atoms with Crippen molar-refractivity contribution in [3.8, 4) is 0 Å². The summed E-state index contributed by atoms with van der Waals surface area (Å²) in [6, 6.07) is 3.95. The molecule has 1 aromatic heterocycles. The van der Waals surface area contributed by atoms with Crippen LogP contribution in [0.25, 0.3) is 0 Å². The summed E-state index contributed by atoms with van der Waals surface area (Å²) in [4.78, 5) is 18.4. The zero-order chi connectivity index (χ0) is 13.9. The van der Waals surface area contributed by atoms with Gasteiger partial charge in [-0.2, -0.15) is 0 Å². The number of carbonyl (C=O) groups excluding carboxylic acids is 1. The third kappa shape index (κ3) is 3.26. The summed E-state index contributed by atoms with van der Waals surface area (Å²) >= 11 is 0. The van der Waals surface area contributed by atoms with Gasteiger partial charge in [0.25, 0.3) is 0 Å². The van der Waals surface area contributed by atoms with Crippen molar-refractivity contribution in [2.24, 2.45) is 0 Å². The maximum atomic E-state index is 12.2. The monoisotopic (exact) mass is 276 g/mol. The van der Waals surface area contributed by atoms with Crippen LogP contribution in [0.4, 0.5) is 5.82 Å². The van der Waals surface area contributed by atoms with E-state index in [2.05, 4.69) is 15.2 Å². The Morgan fingerprint density at radius 2 is 2.40 bits per heavy atom. The van der Waals surface area contributed by atoms with Gasteiger partial charge in [-0.05, 0) is 30.5 Å². The van der Waals surface area contributed by atoms with Gasteiger partial charge in [0, 0.05) is 25.3 Å². The predicted octanol–water partition coefficient (Wildman–Crippen LogP) is 0.143. The molecule has 0 radical (unpaired) electrons. The van der Waals surface area contributed by atoms with Crippen LogP contribution in [0.5, 0.6) is 0 Å². The fourth-order valence-corrected chi connectivity index (χ4v) is 2.42. The van der Waals surface area contributed by atoms with Crippen molar-refractivity contribution >= 4 is 11.7 Å². The van der Waals surface area contributed by atoms with Gasteiger partial charge in [0.05, 0.1) is 13.2 Å². The van der Waals surface area contributed by atoms with Crippen molar-refractivity contribution in [3.63, 3.8) is 0 Å². The number of nitrogens with one attached hydrogen (secondary N) is 1. The molecule has 1 aliphatic carbocycles. The molecule has 2 fully saturated rings. The molecule has 3 rings (SSSR count). The number of nitrogens with zero attached hydrogens (tertiary/aromatic N) is 2. The van der Waals surface area contributed by atoms with Crippen LogP contribution < -0.4 is 11.1 Å². The van der Waals surface area contributed by atoms with Gasteiger partial charge in [0.15, 0.2) is 0 Å². The number of amides is 1. The molecule has 20 heavy (non-hydrogen) atoms. The van der Waals surface area contributed by atoms with Gasteiger partial charge in [-0.25, -0.2) is 4.98 Å². The number of nitrogens with two attached hydrogens (primary N) is 1. The number of rotatable bonds is 4. The van der Waals surface area contributed by atoms with Gasteiger partial charge in [-0.1, -0.05) is 0 Å². The summed E-state index contributed by atoms with van der Waals surface area (Å²) in [6.07, 6.45) is 3.89. The van der Waals surface area contributed by atoms with E-state index < -0.39 is 0 Å². The maximum Gasteiger partial charge on any atom is 0.239 e. The van der Waals surface area contributed by atoms with Crippen LogP contribution in [0, 0.1) is 0 Å². The number of hydrogen-bond donors (Lipinski definition) is 2. The molecule has 108 valence electrons. The van der Waals surface area contributed by atoms with Crippen molar-refractivity contribution in [3.05, 3.63) is 23.9 Å². The average Bonchev–Trinajstić information content (AvgIpc) is 3.23. The summed E-state index contributed by atoms with van der Waals surface area (Å²) in [5, 5.41) is 3.05. The summed E-state index contributed by atoms with van der Waals surface area (Å²) < 4.78 is 5.46. The Morgan fingerprint density at radius 1 is 1.55 bits per heavy atom. The van der Waals surface area contributed by atoms with Crippen molar-refractivity contribution in [2.45, 2.75) is 31.5 Å². The number of pyridine rings is 1. The summed E-state index contributed by atoms with van der Waals surface area (Å²) in [5.74, 6) is 0.587. The molecule has 0 bridgehead atoms. The molecular weight excluding hydrogens is 256 g/mol. The molecule has 2 aliphatic rings. The van der Waals surface area contributed by atoms with Crippen LogP contribution in [0.15, 0.2) is 18.3 Å². The van der Waals surface area contributed by atoms with Crippen LogP contribution in [-0.2, 0) is 16.1 Å². The highest BCUT2D eigenvalue weighted by molar-refractivity contribution is 5.82. The predicted molar refractivity (Wildman–Crippen MR) is 74.8 cm³/mol. The average molecular weight is 276 g/mol. The molecule has 3 N–H and O–H groups in total. The number of anilines is 1. The molecule has 1 unspecified atom stereocenters. The second kappa shape index (κ2) is 5.76. The number of morpholine rings is 1. The number of ether oxygens (including phenoxy) is 1. The van der Waals surface area contributed by atoms with E-state index in [0.717, 1.165) is 24.9 Å². The Bertz CT molecular complexity index is 490. The van der Waals surface area contributed by atoms with Crippen molar-refractivity contribution in [1.29, 1.82) is 0 Å². The molecule has 1 aromatic rings. The second-order valence-electron chi connectivity index (χ2n) is 5.43. The van der Waals surface area contributed by atoms with Crippen molar-refractivity contribution in [1.82, 2.24) is 15.2 Å². The molecule has 1 amide bonds. The number of carbonyl (C=O) groups is 1. The van der Waals surface area contributed by atoms with Crippen LogP contribution in [-0.4, -0.2) is 47.6 Å². The first-order chi connectivity index (χ1) is 9.72. The molecule has 1 aliphatic heterocycles. The smallest absolute Gasteiger partial charge is 0.239 e. The van der Waals surface area contributed by atoms with Gasteiger partial charge < -0.3 is 15.8 Å². The third-order valence-corrected chi connectivity index (χ3v) is 3.70. The van der Waals surface area contributed by atoms with E-state index in [-0.39, 0.29) is 11.9 Å². The van der Waals surface area contributed by atoms with Gasteiger partial charge >= 0.3 is 0 Å². The molecule has 6 heteroatoms. The molecular formula is C14H20N4O2. The lowest BCUT2D eigenvalue weighted by Gasteiger charge is -2.34. The largest absolute Gasteiger partial charge is 0.384 e. The first kappa shape index (κ1) is 13.3. The Balaban J connectivity index is 1.66. The number of nitrogen functional groups attached to an aromatic ring is 1. The Morgan fingerprint density at radius 3 is 3.15 bits per heavy atom. The van der Waals surface area contributed by atoms with Crippen molar-refractivity contribution < 1.29 is 9.53 Å². The topological polar surface area (TPSA) is 80.5 Å². The van der Waals surface area contributed by atoms with Gasteiger partial charge in [-0.15, -0.1) is 0 Å². The van der Waals surface area contributed by atoms with E-state index in [1.54, 1.807) is 6.20 Å². The normalized spacial score (nSPS) is 23.5. The van der Waals surface area contributed by atoms with Gasteiger partial charge in [0.2, 0.25) is 5.91 Å². The Hall–Kier alpha value is -1.66. The minimum absolute atomic E-state index is 0.0780. The Labute approximate surface area is 118 Å². The number of aromatic nitrogens is 1. The van der Waals surface area contributed by atoms with E-state index in [9.17, 15) is 4.79 Å². The van der Waals surface area contributed by atoms with Crippen LogP contribution in [0.3, 0.4) is 0 Å². The van der Waals surface area contributed by atoms with E-state index in [1.807, 2.05) is 12.1 Å². The highest BCUT2D eigenvalue weighted by Crippen LogP contribution is 2.20. The molecule has 0 aromatic carbocycles. The number of hydrogen-bond acceptors (Lipinski definition) is 5. The molecule has 6 nitrogen and oxygen atoms in total. The van der Waals surface area contributed by atoms with E-state index in [0.29, 0.717) is 31.6 Å². The van der Waals surface area contributed by atoms with E-state index >= 15 is 0 Å². The first-order valence-corrected chi connectivity index (χ1v) is 7.05. The van der Waals surface area contributed by atoms with E-state index in [4.69, 9.17) is 10.5 Å². The fourth-order valence-electron chi connectivity index (χ4n) is 2.42. The highest BCUT2D eigenvalue weighted by atomic mass is 16.5. The lowest BCUT2D eigenvalue weighted by Crippen LogP contribution is -2.53. The zero-order valence-corrected chi connectivity index (χ0v) is 11.4. The Kier molecular flexibility index (Phi) is 3.84. The second-order valence-corrected chi connectivity index (χ2v) is 5.43. The first-order valence-electron chi connectivity index (χ1n) is 7.05. The molecule has 1 saturated carbocycles. The highest BCUT2D eigenvalue weighted by Gasteiger charge is 2.33. The summed E-state index contributed by atoms with van der Waals surface area (Å²) in [5.41, 5.74) is 6.77. The maximum absolute atomic E-state index is 12.2. The summed E-state index contributed by atoms with van der Waals surface area (Å²) in [6.45, 7) is 2.57. The van der Waals surface area contributed by atoms with Crippen LogP contribution in [0.1, 0.15) is 18.4 Å². The molecule has 0 spiro atoms. The van der Waals surface area contributed by atoms with Gasteiger partial charge in [0.1, 0.15) is 11.9 Å². The zero-order valence-electron chi connectivity index (χ0n) is 11.4. The lowest BCUT2D eigenvalue weighted by molar-refractivity contribution is -0.133. The molecule has 1 atom stereocenters. The SMILES string of the molecule is Nc1cc(CN2CCOCC2C(=O)NC2CC2)ccn1.